The van der Waals surface area contributed by atoms with Crippen LogP contribution in [0, 0.1) is 12.7 Å². The first-order valence-electron chi connectivity index (χ1n) is 8.20. The molecular weight excluding hydrogens is 319 g/mol. The van der Waals surface area contributed by atoms with Gasteiger partial charge in [-0.1, -0.05) is 42.0 Å². The minimum absolute atomic E-state index is 0.0430. The van der Waals surface area contributed by atoms with Crippen molar-refractivity contribution in [2.45, 2.75) is 32.4 Å². The normalized spacial score (nSPS) is 20.5. The Balaban J connectivity index is 1.57. The number of nitrogens with zero attached hydrogens (tertiary/aromatic N) is 1. The third-order valence-corrected chi connectivity index (χ3v) is 4.30. The molecule has 1 aliphatic rings. The van der Waals surface area contributed by atoms with Crippen molar-refractivity contribution in [2.75, 3.05) is 0 Å². The van der Waals surface area contributed by atoms with E-state index in [1.807, 2.05) is 38.1 Å². The number of benzene rings is 2. The van der Waals surface area contributed by atoms with E-state index in [0.29, 0.717) is 6.42 Å². The second-order valence-electron chi connectivity index (χ2n) is 6.22. The summed E-state index contributed by atoms with van der Waals surface area (Å²) in [7, 11) is 0. The molecule has 0 spiro atoms. The van der Waals surface area contributed by atoms with Crippen molar-refractivity contribution in [3.63, 3.8) is 0 Å². The highest BCUT2D eigenvalue weighted by atomic mass is 19.1. The second-order valence-corrected chi connectivity index (χ2v) is 6.22. The Kier molecular flexibility index (Phi) is 5.21. The summed E-state index contributed by atoms with van der Waals surface area (Å²) < 4.78 is 13.0. The van der Waals surface area contributed by atoms with Gasteiger partial charge in [-0.25, -0.2) is 20.7 Å². The lowest BCUT2D eigenvalue weighted by molar-refractivity contribution is -0.122. The zero-order valence-electron chi connectivity index (χ0n) is 14.2. The molecule has 2 atom stereocenters. The molecule has 0 aliphatic carbocycles. The van der Waals surface area contributed by atoms with Crippen molar-refractivity contribution in [1.29, 1.82) is 0 Å². The maximum Gasteiger partial charge on any atom is 0.258 e. The summed E-state index contributed by atoms with van der Waals surface area (Å²) in [5, 5.41) is 4.18. The lowest BCUT2D eigenvalue weighted by Gasteiger charge is -2.09. The van der Waals surface area contributed by atoms with Gasteiger partial charge in [0, 0.05) is 6.04 Å². The molecule has 1 fully saturated rings. The van der Waals surface area contributed by atoms with Gasteiger partial charge in [0.15, 0.2) is 0 Å². The number of hydrazine groups is 1. The Morgan fingerprint density at radius 2 is 1.80 bits per heavy atom. The van der Waals surface area contributed by atoms with Crippen LogP contribution in [0.15, 0.2) is 53.6 Å². The smallest absolute Gasteiger partial charge is 0.258 e. The molecule has 1 amide bonds. The minimum atomic E-state index is -0.398. The largest absolute Gasteiger partial charge is 0.271 e. The summed E-state index contributed by atoms with van der Waals surface area (Å²) in [6, 6.07) is 13.8. The maximum atomic E-state index is 13.0. The van der Waals surface area contributed by atoms with E-state index in [4.69, 9.17) is 0 Å². The first kappa shape index (κ1) is 17.3. The van der Waals surface area contributed by atoms with E-state index >= 15 is 0 Å². The Hall–Kier alpha value is -2.57. The van der Waals surface area contributed by atoms with Crippen LogP contribution in [-0.2, 0) is 4.79 Å². The predicted octanol–water partition coefficient (Wildman–Crippen LogP) is 2.58. The monoisotopic (exact) mass is 340 g/mol. The molecule has 3 rings (SSSR count). The van der Waals surface area contributed by atoms with Crippen molar-refractivity contribution < 1.29 is 9.18 Å². The number of rotatable bonds is 4. The van der Waals surface area contributed by atoms with Crippen LogP contribution in [0.2, 0.25) is 0 Å². The average molecular weight is 340 g/mol. The minimum Gasteiger partial charge on any atom is -0.271 e. The molecule has 0 bridgehead atoms. The highest BCUT2D eigenvalue weighted by Crippen LogP contribution is 2.22. The molecule has 2 aromatic carbocycles. The highest BCUT2D eigenvalue weighted by Gasteiger charge is 2.30. The van der Waals surface area contributed by atoms with Gasteiger partial charge in [-0.05, 0) is 43.5 Å². The van der Waals surface area contributed by atoms with E-state index in [1.165, 1.54) is 17.7 Å². The predicted molar refractivity (Wildman–Crippen MR) is 95.4 cm³/mol. The van der Waals surface area contributed by atoms with Crippen LogP contribution in [0.1, 0.15) is 36.1 Å². The van der Waals surface area contributed by atoms with Crippen LogP contribution < -0.4 is 16.3 Å². The second kappa shape index (κ2) is 7.55. The number of nitrogens with one attached hydrogen (secondary N) is 3. The zero-order valence-corrected chi connectivity index (χ0v) is 14.2. The summed E-state index contributed by atoms with van der Waals surface area (Å²) in [4.78, 5) is 12.3. The van der Waals surface area contributed by atoms with Gasteiger partial charge < -0.3 is 0 Å². The van der Waals surface area contributed by atoms with Gasteiger partial charge in [0.2, 0.25) is 0 Å². The summed E-state index contributed by atoms with van der Waals surface area (Å²) in [6.45, 7) is 3.88. The van der Waals surface area contributed by atoms with Gasteiger partial charge in [0.1, 0.15) is 11.9 Å². The molecule has 130 valence electrons. The lowest BCUT2D eigenvalue weighted by atomic mass is 10.0. The van der Waals surface area contributed by atoms with Crippen LogP contribution in [0.3, 0.4) is 0 Å². The van der Waals surface area contributed by atoms with E-state index < -0.39 is 6.04 Å². The molecular formula is C19H21FN4O. The molecule has 5 nitrogen and oxygen atoms in total. The number of amides is 1. The molecule has 2 unspecified atom stereocenters. The zero-order chi connectivity index (χ0) is 17.8. The van der Waals surface area contributed by atoms with Crippen LogP contribution in [0.4, 0.5) is 4.39 Å². The third-order valence-electron chi connectivity index (χ3n) is 4.30. The number of carbonyl (C=O) groups excluding carboxylic acids is 1. The Labute approximate surface area is 146 Å². The van der Waals surface area contributed by atoms with Crippen LogP contribution in [0.5, 0.6) is 0 Å². The fourth-order valence-corrected chi connectivity index (χ4v) is 2.72. The summed E-state index contributed by atoms with van der Waals surface area (Å²) in [5.74, 6) is -0.478. The Bertz CT molecular complexity index is 771. The molecule has 25 heavy (non-hydrogen) atoms. The molecule has 0 saturated carbocycles. The lowest BCUT2D eigenvalue weighted by Crippen LogP contribution is -2.41. The van der Waals surface area contributed by atoms with Crippen LogP contribution in [-0.4, -0.2) is 17.7 Å². The summed E-state index contributed by atoms with van der Waals surface area (Å²) >= 11 is 0. The van der Waals surface area contributed by atoms with E-state index in [0.717, 1.165) is 16.8 Å². The fourth-order valence-electron chi connectivity index (χ4n) is 2.72. The molecule has 0 radical (unpaired) electrons. The third kappa shape index (κ3) is 4.29. The van der Waals surface area contributed by atoms with Gasteiger partial charge in [0.25, 0.3) is 5.91 Å². The number of hydrogen-bond acceptors (Lipinski definition) is 4. The first-order valence-corrected chi connectivity index (χ1v) is 8.20. The van der Waals surface area contributed by atoms with Crippen molar-refractivity contribution in [3.8, 4) is 0 Å². The quantitative estimate of drug-likeness (QED) is 0.592. The SMILES string of the molecule is C/C(=N\NC(=O)C1CC(c2ccc(F)cc2)NN1)c1ccc(C)cc1. The highest BCUT2D eigenvalue weighted by molar-refractivity contribution is 5.99. The van der Waals surface area contributed by atoms with E-state index in [2.05, 4.69) is 21.4 Å². The summed E-state index contributed by atoms with van der Waals surface area (Å²) in [5.41, 5.74) is 12.5. The molecule has 3 N–H and O–H groups in total. The topological polar surface area (TPSA) is 65.5 Å². The average Bonchev–Trinajstić information content (AvgIpc) is 3.11. The molecule has 0 aromatic heterocycles. The van der Waals surface area contributed by atoms with Gasteiger partial charge in [0.05, 0.1) is 5.71 Å². The molecule has 6 heteroatoms. The summed E-state index contributed by atoms with van der Waals surface area (Å²) in [6.07, 6.45) is 0.566. The van der Waals surface area contributed by atoms with Crippen molar-refractivity contribution in [2.24, 2.45) is 5.10 Å². The number of aryl methyl sites for hydroxylation is 1. The Morgan fingerprint density at radius 1 is 1.12 bits per heavy atom. The van der Waals surface area contributed by atoms with Crippen molar-refractivity contribution >= 4 is 11.6 Å². The standard InChI is InChI=1S/C19H21FN4O/c1-12-3-5-14(6-4-12)13(2)21-24-19(25)18-11-17(22-23-18)15-7-9-16(20)10-8-15/h3-10,17-18,22-23H,11H2,1-2H3,(H,24,25)/b21-13+. The first-order chi connectivity index (χ1) is 12.0. The molecule has 1 saturated heterocycles. The van der Waals surface area contributed by atoms with E-state index in [1.54, 1.807) is 12.1 Å². The van der Waals surface area contributed by atoms with Crippen LogP contribution in [0.25, 0.3) is 0 Å². The number of carbonyl (C=O) groups is 1. The Morgan fingerprint density at radius 3 is 2.48 bits per heavy atom. The van der Waals surface area contributed by atoms with Crippen molar-refractivity contribution in [1.82, 2.24) is 16.3 Å². The van der Waals surface area contributed by atoms with Gasteiger partial charge in [-0.15, -0.1) is 0 Å². The van der Waals surface area contributed by atoms with E-state index in [-0.39, 0.29) is 17.8 Å². The van der Waals surface area contributed by atoms with Gasteiger partial charge in [-0.2, -0.15) is 5.10 Å². The number of hydrogen-bond donors (Lipinski definition) is 3. The van der Waals surface area contributed by atoms with Gasteiger partial charge in [-0.3, -0.25) is 4.79 Å². The van der Waals surface area contributed by atoms with Crippen molar-refractivity contribution in [3.05, 3.63) is 71.0 Å². The van der Waals surface area contributed by atoms with Gasteiger partial charge >= 0.3 is 0 Å². The maximum absolute atomic E-state index is 13.0. The van der Waals surface area contributed by atoms with E-state index in [9.17, 15) is 9.18 Å². The number of halogens is 1. The van der Waals surface area contributed by atoms with Crippen LogP contribution >= 0.6 is 0 Å². The molecule has 1 heterocycles. The fraction of sp³-hybridized carbons (Fsp3) is 0.263. The molecule has 2 aromatic rings. The molecule has 1 aliphatic heterocycles. The number of hydrazone groups is 1.